The van der Waals surface area contributed by atoms with Crippen molar-refractivity contribution in [1.82, 2.24) is 15.5 Å². The first-order valence-corrected chi connectivity index (χ1v) is 11.3. The summed E-state index contributed by atoms with van der Waals surface area (Å²) in [5.41, 5.74) is 4.12. The Balaban J connectivity index is 1.57. The topological polar surface area (TPSA) is 88.0 Å². The Morgan fingerprint density at radius 2 is 1.97 bits per heavy atom. The number of benzene rings is 1. The van der Waals surface area contributed by atoms with Gasteiger partial charge in [-0.2, -0.15) is 13.2 Å². The van der Waals surface area contributed by atoms with E-state index in [4.69, 9.17) is 0 Å². The fraction of sp³-hybridized carbons (Fsp3) is 0.400. The third-order valence-electron chi connectivity index (χ3n) is 6.99. The molecular weight excluding hydrogens is 447 g/mol. The Kier molecular flexibility index (Phi) is 5.37. The number of aromatic amines is 1. The summed E-state index contributed by atoms with van der Waals surface area (Å²) in [6, 6.07) is 7.72. The van der Waals surface area contributed by atoms with Gasteiger partial charge in [-0.1, -0.05) is 47.1 Å². The van der Waals surface area contributed by atoms with Gasteiger partial charge in [0.05, 0.1) is 11.1 Å². The Morgan fingerprint density at radius 1 is 1.21 bits per heavy atom. The molecule has 34 heavy (non-hydrogen) atoms. The molecule has 2 heterocycles. The van der Waals surface area contributed by atoms with Crippen LogP contribution in [0.3, 0.4) is 0 Å². The van der Waals surface area contributed by atoms with Crippen molar-refractivity contribution >= 4 is 17.1 Å². The second-order valence-corrected chi connectivity index (χ2v) is 9.34. The molecular formula is C25H24F3N3O3. The molecule has 2 atom stereocenters. The first-order chi connectivity index (χ1) is 16.1. The molecule has 2 N–H and O–H groups in total. The number of allylic oxidation sites excluding steroid dienone is 2. The molecule has 1 aromatic carbocycles. The van der Waals surface area contributed by atoms with Gasteiger partial charge in [-0.25, -0.2) is 4.79 Å². The van der Waals surface area contributed by atoms with E-state index in [1.165, 1.54) is 0 Å². The van der Waals surface area contributed by atoms with Crippen LogP contribution in [0, 0.1) is 12.8 Å². The number of nitrogens with one attached hydrogen (secondary N) is 2. The largest absolute Gasteiger partial charge is 0.439 e. The van der Waals surface area contributed by atoms with Crippen molar-refractivity contribution in [1.29, 1.82) is 0 Å². The van der Waals surface area contributed by atoms with Crippen molar-refractivity contribution in [3.05, 3.63) is 75.1 Å². The van der Waals surface area contributed by atoms with Crippen LogP contribution >= 0.6 is 0 Å². The second kappa shape index (κ2) is 8.14. The average Bonchev–Trinajstić information content (AvgIpc) is 3.36. The molecule has 5 rings (SSSR count). The van der Waals surface area contributed by atoms with Crippen LogP contribution in [0.1, 0.15) is 55.5 Å². The van der Waals surface area contributed by atoms with Crippen LogP contribution in [-0.4, -0.2) is 27.8 Å². The smallest absolute Gasteiger partial charge is 0.342 e. The first kappa shape index (κ1) is 22.4. The van der Waals surface area contributed by atoms with E-state index < -0.39 is 29.8 Å². The van der Waals surface area contributed by atoms with Crippen LogP contribution in [-0.2, 0) is 4.79 Å². The minimum Gasteiger partial charge on any atom is -0.342 e. The molecule has 3 aliphatic rings. The predicted octanol–water partition coefficient (Wildman–Crippen LogP) is 4.85. The molecule has 0 radical (unpaired) electrons. The summed E-state index contributed by atoms with van der Waals surface area (Å²) in [5, 5.41) is 6.87. The molecule has 2 unspecified atom stereocenters. The number of rotatable bonds is 4. The lowest BCUT2D eigenvalue weighted by atomic mass is 9.75. The fourth-order valence-electron chi connectivity index (χ4n) is 5.30. The zero-order chi connectivity index (χ0) is 24.1. The maximum absolute atomic E-state index is 13.5. The van der Waals surface area contributed by atoms with Crippen molar-refractivity contribution < 1.29 is 22.5 Å². The molecule has 1 fully saturated rings. The van der Waals surface area contributed by atoms with Crippen LogP contribution in [0.25, 0.3) is 11.1 Å². The van der Waals surface area contributed by atoms with Gasteiger partial charge in [0, 0.05) is 12.8 Å². The average molecular weight is 471 g/mol. The molecule has 9 heteroatoms. The number of H-pyrrole nitrogens is 1. The van der Waals surface area contributed by atoms with E-state index in [1.807, 2.05) is 43.3 Å². The lowest BCUT2D eigenvalue weighted by molar-refractivity contribution is -0.136. The molecule has 2 aromatic rings. The first-order valence-electron chi connectivity index (χ1n) is 11.3. The highest BCUT2D eigenvalue weighted by molar-refractivity contribution is 6.27. The van der Waals surface area contributed by atoms with Crippen molar-refractivity contribution in [2.45, 2.75) is 57.2 Å². The predicted molar refractivity (Wildman–Crippen MR) is 119 cm³/mol. The summed E-state index contributed by atoms with van der Waals surface area (Å²) in [4.78, 5) is 27.5. The van der Waals surface area contributed by atoms with E-state index in [1.54, 1.807) is 0 Å². The molecule has 1 spiro atoms. The van der Waals surface area contributed by atoms with Crippen LogP contribution < -0.4 is 11.1 Å². The number of hydrogen-bond donors (Lipinski definition) is 2. The summed E-state index contributed by atoms with van der Waals surface area (Å²) >= 11 is 0. The zero-order valence-corrected chi connectivity index (χ0v) is 18.6. The van der Waals surface area contributed by atoms with Crippen LogP contribution in [0.15, 0.2) is 56.9 Å². The van der Waals surface area contributed by atoms with Crippen molar-refractivity contribution in [2.75, 3.05) is 0 Å². The lowest BCUT2D eigenvalue weighted by Gasteiger charge is -2.39. The Morgan fingerprint density at radius 3 is 2.65 bits per heavy atom. The van der Waals surface area contributed by atoms with Gasteiger partial charge >= 0.3 is 11.9 Å². The molecule has 1 amide bonds. The number of alkyl halides is 3. The third-order valence-corrected chi connectivity index (χ3v) is 6.99. The summed E-state index contributed by atoms with van der Waals surface area (Å²) in [6.07, 6.45) is 1.36. The zero-order valence-electron chi connectivity index (χ0n) is 18.6. The van der Waals surface area contributed by atoms with Crippen LogP contribution in [0.4, 0.5) is 13.2 Å². The second-order valence-electron chi connectivity index (χ2n) is 9.34. The lowest BCUT2D eigenvalue weighted by Crippen LogP contribution is -2.51. The highest BCUT2D eigenvalue weighted by Crippen LogP contribution is 2.51. The Labute approximate surface area is 193 Å². The van der Waals surface area contributed by atoms with Gasteiger partial charge < -0.3 is 5.32 Å². The van der Waals surface area contributed by atoms with Gasteiger partial charge in [0.1, 0.15) is 0 Å². The van der Waals surface area contributed by atoms with Gasteiger partial charge in [0.25, 0.3) is 5.91 Å². The van der Waals surface area contributed by atoms with Gasteiger partial charge in [-0.05, 0) is 60.8 Å². The minimum atomic E-state index is -4.19. The van der Waals surface area contributed by atoms with E-state index in [0.717, 1.165) is 28.7 Å². The SMILES string of the molecule is Cc1ccc(C2=C(c3noc(=O)[nH]3)C(=O)NC3(CCC4=CCC(CCC(F)(F)F)C=C43)C2)cc1. The number of halogens is 3. The fourth-order valence-corrected chi connectivity index (χ4v) is 5.30. The van der Waals surface area contributed by atoms with Gasteiger partial charge in [0.2, 0.25) is 0 Å². The number of nitrogens with zero attached hydrogens (tertiary/aromatic N) is 1. The summed E-state index contributed by atoms with van der Waals surface area (Å²) in [7, 11) is 0. The molecule has 0 bridgehead atoms. The monoisotopic (exact) mass is 471 g/mol. The van der Waals surface area contributed by atoms with E-state index in [0.29, 0.717) is 24.8 Å². The molecule has 1 aliphatic heterocycles. The summed E-state index contributed by atoms with van der Waals surface area (Å²) < 4.78 is 43.1. The van der Waals surface area contributed by atoms with E-state index >= 15 is 0 Å². The number of carbonyl (C=O) groups is 1. The number of amides is 1. The van der Waals surface area contributed by atoms with Gasteiger partial charge in [-0.3, -0.25) is 14.3 Å². The van der Waals surface area contributed by atoms with Crippen molar-refractivity contribution in [3.8, 4) is 0 Å². The van der Waals surface area contributed by atoms with Crippen molar-refractivity contribution in [2.24, 2.45) is 5.92 Å². The quantitative estimate of drug-likeness (QED) is 0.667. The number of fused-ring (bicyclic) bond motifs is 2. The molecule has 178 valence electrons. The number of aryl methyl sites for hydroxylation is 1. The third kappa shape index (κ3) is 4.15. The molecule has 6 nitrogen and oxygen atoms in total. The Bertz CT molecular complexity index is 1280. The molecule has 0 saturated heterocycles. The van der Waals surface area contributed by atoms with E-state index in [-0.39, 0.29) is 23.7 Å². The molecule has 1 saturated carbocycles. The normalized spacial score (nSPS) is 24.7. The van der Waals surface area contributed by atoms with Crippen LogP contribution in [0.5, 0.6) is 0 Å². The number of carbonyl (C=O) groups excluding carboxylic acids is 1. The maximum Gasteiger partial charge on any atom is 0.439 e. The van der Waals surface area contributed by atoms with Crippen LogP contribution in [0.2, 0.25) is 0 Å². The Hall–Kier alpha value is -3.36. The maximum atomic E-state index is 13.5. The molecule has 2 aliphatic carbocycles. The minimum absolute atomic E-state index is 0.0207. The van der Waals surface area contributed by atoms with E-state index in [9.17, 15) is 22.8 Å². The standard InChI is InChI=1S/C25H24F3N3O3/c1-14-2-5-16(6-3-14)18-13-24(30-22(32)20(18)21-29-23(33)34-31-21)10-9-17-7-4-15(12-19(17)24)8-11-25(26,27)28/h2-3,5-7,12,15H,4,8-11,13H2,1H3,(H,30,32)(H,29,31,33). The summed E-state index contributed by atoms with van der Waals surface area (Å²) in [6.45, 7) is 1.96. The van der Waals surface area contributed by atoms with Gasteiger partial charge in [0.15, 0.2) is 5.82 Å². The van der Waals surface area contributed by atoms with Gasteiger partial charge in [-0.15, -0.1) is 0 Å². The highest BCUT2D eigenvalue weighted by Gasteiger charge is 2.48. The number of aromatic nitrogens is 2. The van der Waals surface area contributed by atoms with Crippen molar-refractivity contribution in [3.63, 3.8) is 0 Å². The highest BCUT2D eigenvalue weighted by atomic mass is 19.4. The number of hydrogen-bond acceptors (Lipinski definition) is 4. The van der Waals surface area contributed by atoms with E-state index in [2.05, 4.69) is 20.0 Å². The summed E-state index contributed by atoms with van der Waals surface area (Å²) in [5.74, 6) is -1.33. The molecule has 1 aromatic heterocycles.